The molecule has 1 N–H and O–H groups in total. The van der Waals surface area contributed by atoms with Crippen molar-refractivity contribution in [2.75, 3.05) is 20.3 Å². The van der Waals surface area contributed by atoms with Crippen LogP contribution in [0.15, 0.2) is 30.5 Å². The average Bonchev–Trinajstić information content (AvgIpc) is 2.87. The Labute approximate surface area is 110 Å². The van der Waals surface area contributed by atoms with E-state index >= 15 is 0 Å². The van der Waals surface area contributed by atoms with Crippen LogP contribution in [0.5, 0.6) is 0 Å². The molecule has 0 spiro atoms. The second kappa shape index (κ2) is 6.40. The Hall–Kier alpha value is -1.79. The van der Waals surface area contributed by atoms with Crippen molar-refractivity contribution in [2.45, 2.75) is 6.54 Å². The van der Waals surface area contributed by atoms with E-state index in [0.29, 0.717) is 18.8 Å². The third kappa shape index (κ3) is 3.59. The topological polar surface area (TPSA) is 39.1 Å². The first-order chi connectivity index (χ1) is 9.20. The standard InChI is InChI=1S/C13H15F2N3O/c1-19-7-5-16-9-10-4-6-18(17-10)11-2-3-12(14)13(15)8-11/h2-4,6,8,16H,5,7,9H2,1H3. The molecule has 0 fully saturated rings. The molecule has 0 atom stereocenters. The summed E-state index contributed by atoms with van der Waals surface area (Å²) in [5.41, 5.74) is 1.31. The van der Waals surface area contributed by atoms with Crippen LogP contribution >= 0.6 is 0 Å². The Kier molecular flexibility index (Phi) is 4.59. The first-order valence-electron chi connectivity index (χ1n) is 5.90. The van der Waals surface area contributed by atoms with Gasteiger partial charge in [0, 0.05) is 32.5 Å². The zero-order valence-corrected chi connectivity index (χ0v) is 10.6. The third-order valence-corrected chi connectivity index (χ3v) is 2.60. The van der Waals surface area contributed by atoms with Crippen LogP contribution in [0.1, 0.15) is 5.69 Å². The molecular formula is C13H15F2N3O. The van der Waals surface area contributed by atoms with E-state index in [2.05, 4.69) is 10.4 Å². The molecule has 0 saturated carbocycles. The summed E-state index contributed by atoms with van der Waals surface area (Å²) in [5, 5.41) is 7.43. The van der Waals surface area contributed by atoms with Crippen LogP contribution in [0, 0.1) is 11.6 Å². The van der Waals surface area contributed by atoms with Crippen molar-refractivity contribution in [3.05, 3.63) is 47.8 Å². The Morgan fingerprint density at radius 1 is 1.26 bits per heavy atom. The van der Waals surface area contributed by atoms with Crippen LogP contribution in [0.3, 0.4) is 0 Å². The average molecular weight is 267 g/mol. The Morgan fingerprint density at radius 3 is 2.84 bits per heavy atom. The lowest BCUT2D eigenvalue weighted by atomic mass is 10.3. The lowest BCUT2D eigenvalue weighted by Gasteiger charge is -2.03. The minimum absolute atomic E-state index is 0.488. The highest BCUT2D eigenvalue weighted by atomic mass is 19.2. The number of rotatable bonds is 6. The zero-order valence-electron chi connectivity index (χ0n) is 10.6. The van der Waals surface area contributed by atoms with Gasteiger partial charge in [-0.15, -0.1) is 0 Å². The van der Waals surface area contributed by atoms with Gasteiger partial charge in [-0.2, -0.15) is 5.10 Å². The number of benzene rings is 1. The second-order valence-electron chi connectivity index (χ2n) is 4.02. The SMILES string of the molecule is COCCNCc1ccn(-c2ccc(F)c(F)c2)n1. The van der Waals surface area contributed by atoms with Crippen molar-refractivity contribution in [1.82, 2.24) is 15.1 Å². The molecule has 0 unspecified atom stereocenters. The van der Waals surface area contributed by atoms with Gasteiger partial charge in [-0.05, 0) is 18.2 Å². The summed E-state index contributed by atoms with van der Waals surface area (Å²) in [6, 6.07) is 5.50. The first-order valence-corrected chi connectivity index (χ1v) is 5.90. The number of methoxy groups -OCH3 is 1. The summed E-state index contributed by atoms with van der Waals surface area (Å²) < 4.78 is 32.4. The van der Waals surface area contributed by atoms with E-state index in [1.165, 1.54) is 10.7 Å². The first kappa shape index (κ1) is 13.6. The molecule has 2 rings (SSSR count). The number of hydrogen-bond donors (Lipinski definition) is 1. The molecular weight excluding hydrogens is 252 g/mol. The fraction of sp³-hybridized carbons (Fsp3) is 0.308. The van der Waals surface area contributed by atoms with Gasteiger partial charge >= 0.3 is 0 Å². The molecule has 0 bridgehead atoms. The highest BCUT2D eigenvalue weighted by Crippen LogP contribution is 2.12. The van der Waals surface area contributed by atoms with Gasteiger partial charge in [0.05, 0.1) is 18.0 Å². The van der Waals surface area contributed by atoms with Gasteiger partial charge < -0.3 is 10.1 Å². The van der Waals surface area contributed by atoms with Crippen LogP contribution in [0.4, 0.5) is 8.78 Å². The zero-order chi connectivity index (χ0) is 13.7. The maximum absolute atomic E-state index is 13.1. The minimum Gasteiger partial charge on any atom is -0.383 e. The number of nitrogens with zero attached hydrogens (tertiary/aromatic N) is 2. The summed E-state index contributed by atoms with van der Waals surface area (Å²) in [6.45, 7) is 1.96. The van der Waals surface area contributed by atoms with Crippen LogP contribution < -0.4 is 5.32 Å². The van der Waals surface area contributed by atoms with Crippen molar-refractivity contribution < 1.29 is 13.5 Å². The van der Waals surface area contributed by atoms with Gasteiger partial charge in [0.15, 0.2) is 11.6 Å². The van der Waals surface area contributed by atoms with E-state index in [-0.39, 0.29) is 0 Å². The van der Waals surface area contributed by atoms with E-state index in [1.54, 1.807) is 13.3 Å². The quantitative estimate of drug-likeness (QED) is 0.812. The monoisotopic (exact) mass is 267 g/mol. The molecule has 2 aromatic rings. The molecule has 4 nitrogen and oxygen atoms in total. The van der Waals surface area contributed by atoms with Crippen molar-refractivity contribution >= 4 is 0 Å². The molecule has 0 saturated heterocycles. The summed E-state index contributed by atoms with van der Waals surface area (Å²) in [5.74, 6) is -1.75. The summed E-state index contributed by atoms with van der Waals surface area (Å²) >= 11 is 0. The van der Waals surface area contributed by atoms with E-state index in [4.69, 9.17) is 4.74 Å². The van der Waals surface area contributed by atoms with Crippen LogP contribution in [0.2, 0.25) is 0 Å². The number of halogens is 2. The predicted octanol–water partition coefficient (Wildman–Crippen LogP) is 1.89. The summed E-state index contributed by atoms with van der Waals surface area (Å²) in [4.78, 5) is 0. The predicted molar refractivity (Wildman–Crippen MR) is 67.1 cm³/mol. The van der Waals surface area contributed by atoms with Crippen molar-refractivity contribution in [2.24, 2.45) is 0 Å². The van der Waals surface area contributed by atoms with Crippen molar-refractivity contribution in [3.63, 3.8) is 0 Å². The number of ether oxygens (including phenoxy) is 1. The van der Waals surface area contributed by atoms with Gasteiger partial charge in [0.25, 0.3) is 0 Å². The number of aromatic nitrogens is 2. The lowest BCUT2D eigenvalue weighted by molar-refractivity contribution is 0.199. The van der Waals surface area contributed by atoms with Crippen LogP contribution in [-0.4, -0.2) is 30.0 Å². The van der Waals surface area contributed by atoms with Gasteiger partial charge in [-0.1, -0.05) is 0 Å². The molecule has 0 aliphatic heterocycles. The van der Waals surface area contributed by atoms with Crippen molar-refractivity contribution in [3.8, 4) is 5.69 Å². The molecule has 102 valence electrons. The largest absolute Gasteiger partial charge is 0.383 e. The number of nitrogens with one attached hydrogen (secondary N) is 1. The normalized spacial score (nSPS) is 10.9. The van der Waals surface area contributed by atoms with Gasteiger partial charge in [-0.25, -0.2) is 13.5 Å². The minimum atomic E-state index is -0.882. The third-order valence-electron chi connectivity index (χ3n) is 2.60. The fourth-order valence-corrected chi connectivity index (χ4v) is 1.62. The molecule has 0 radical (unpaired) electrons. The molecule has 1 aromatic carbocycles. The van der Waals surface area contributed by atoms with E-state index in [0.717, 1.165) is 24.4 Å². The smallest absolute Gasteiger partial charge is 0.160 e. The fourth-order valence-electron chi connectivity index (χ4n) is 1.62. The van der Waals surface area contributed by atoms with Crippen LogP contribution in [-0.2, 0) is 11.3 Å². The van der Waals surface area contributed by atoms with E-state index in [9.17, 15) is 8.78 Å². The van der Waals surface area contributed by atoms with Crippen molar-refractivity contribution in [1.29, 1.82) is 0 Å². The lowest BCUT2D eigenvalue weighted by Crippen LogP contribution is -2.18. The highest BCUT2D eigenvalue weighted by molar-refractivity contribution is 5.32. The van der Waals surface area contributed by atoms with Gasteiger partial charge in [0.2, 0.25) is 0 Å². The molecule has 0 aliphatic carbocycles. The molecule has 19 heavy (non-hydrogen) atoms. The van der Waals surface area contributed by atoms with E-state index in [1.807, 2.05) is 6.07 Å². The Bertz CT molecular complexity index is 542. The molecule has 1 heterocycles. The molecule has 6 heteroatoms. The molecule has 1 aromatic heterocycles. The molecule has 0 amide bonds. The Morgan fingerprint density at radius 2 is 2.11 bits per heavy atom. The molecule has 0 aliphatic rings. The van der Waals surface area contributed by atoms with Crippen LogP contribution in [0.25, 0.3) is 5.69 Å². The Balaban J connectivity index is 2.01. The maximum Gasteiger partial charge on any atom is 0.160 e. The highest BCUT2D eigenvalue weighted by Gasteiger charge is 2.05. The maximum atomic E-state index is 13.1. The van der Waals surface area contributed by atoms with E-state index < -0.39 is 11.6 Å². The number of hydrogen-bond acceptors (Lipinski definition) is 3. The summed E-state index contributed by atoms with van der Waals surface area (Å²) in [7, 11) is 1.64. The summed E-state index contributed by atoms with van der Waals surface area (Å²) in [6.07, 6.45) is 1.71. The second-order valence-corrected chi connectivity index (χ2v) is 4.02. The van der Waals surface area contributed by atoms with Gasteiger partial charge in [0.1, 0.15) is 0 Å². The van der Waals surface area contributed by atoms with Gasteiger partial charge in [-0.3, -0.25) is 0 Å².